The lowest BCUT2D eigenvalue weighted by Crippen LogP contribution is -2.11. The van der Waals surface area contributed by atoms with Crippen molar-refractivity contribution in [2.45, 2.75) is 6.92 Å². The number of benzene rings is 1. The Morgan fingerprint density at radius 1 is 1.39 bits per heavy atom. The molecule has 1 aromatic carbocycles. The molecule has 0 saturated carbocycles. The number of hydrogen-bond donors (Lipinski definition) is 3. The van der Waals surface area contributed by atoms with Crippen LogP contribution in [0.4, 0.5) is 11.4 Å². The van der Waals surface area contributed by atoms with Gasteiger partial charge in [0.05, 0.1) is 0 Å². The summed E-state index contributed by atoms with van der Waals surface area (Å²) in [6.45, 7) is 1.44. The SMILES string of the molecule is CC(=O)Nc1ccc(NC=C(C#N)C(N)=S)cc1. The second-order valence-electron chi connectivity index (χ2n) is 3.44. The van der Waals surface area contributed by atoms with Gasteiger partial charge in [0.2, 0.25) is 5.91 Å². The fourth-order valence-electron chi connectivity index (χ4n) is 1.17. The Morgan fingerprint density at radius 3 is 2.39 bits per heavy atom. The highest BCUT2D eigenvalue weighted by atomic mass is 32.1. The molecule has 1 aromatic rings. The number of anilines is 2. The summed E-state index contributed by atoms with van der Waals surface area (Å²) < 4.78 is 0. The quantitative estimate of drug-likeness (QED) is 0.436. The molecule has 6 heteroatoms. The summed E-state index contributed by atoms with van der Waals surface area (Å²) in [4.78, 5) is 10.9. The van der Waals surface area contributed by atoms with E-state index in [4.69, 9.17) is 23.2 Å². The molecule has 0 aliphatic heterocycles. The van der Waals surface area contributed by atoms with Crippen molar-refractivity contribution in [2.75, 3.05) is 10.6 Å². The number of hydrogen-bond acceptors (Lipinski definition) is 4. The summed E-state index contributed by atoms with van der Waals surface area (Å²) in [6.07, 6.45) is 1.44. The van der Waals surface area contributed by atoms with Crippen molar-refractivity contribution >= 4 is 34.5 Å². The van der Waals surface area contributed by atoms with Crippen molar-refractivity contribution in [3.05, 3.63) is 36.0 Å². The van der Waals surface area contributed by atoms with E-state index in [0.717, 1.165) is 5.69 Å². The van der Waals surface area contributed by atoms with E-state index in [1.807, 2.05) is 6.07 Å². The van der Waals surface area contributed by atoms with Crippen LogP contribution < -0.4 is 16.4 Å². The normalized spacial score (nSPS) is 10.3. The van der Waals surface area contributed by atoms with Crippen molar-refractivity contribution < 1.29 is 4.79 Å². The number of amides is 1. The van der Waals surface area contributed by atoms with Gasteiger partial charge in [0.1, 0.15) is 16.6 Å². The van der Waals surface area contributed by atoms with Gasteiger partial charge in [0, 0.05) is 24.5 Å². The first-order valence-corrected chi connectivity index (χ1v) is 5.48. The summed E-state index contributed by atoms with van der Waals surface area (Å²) >= 11 is 4.70. The molecule has 92 valence electrons. The zero-order chi connectivity index (χ0) is 13.5. The van der Waals surface area contributed by atoms with Crippen LogP contribution in [0, 0.1) is 11.3 Å². The fraction of sp³-hybridized carbons (Fsp3) is 0.0833. The molecule has 0 saturated heterocycles. The Labute approximate surface area is 110 Å². The highest BCUT2D eigenvalue weighted by Crippen LogP contribution is 2.13. The average Bonchev–Trinajstić information content (AvgIpc) is 2.31. The van der Waals surface area contributed by atoms with Crippen LogP contribution >= 0.6 is 12.2 Å². The van der Waals surface area contributed by atoms with E-state index in [-0.39, 0.29) is 16.5 Å². The molecule has 0 unspecified atom stereocenters. The molecule has 0 bridgehead atoms. The molecule has 0 atom stereocenters. The Hall–Kier alpha value is -2.39. The van der Waals surface area contributed by atoms with E-state index in [1.165, 1.54) is 13.1 Å². The van der Waals surface area contributed by atoms with Crippen molar-refractivity contribution in [1.29, 1.82) is 5.26 Å². The zero-order valence-corrected chi connectivity index (χ0v) is 10.5. The van der Waals surface area contributed by atoms with Crippen molar-refractivity contribution in [3.8, 4) is 6.07 Å². The smallest absolute Gasteiger partial charge is 0.221 e. The van der Waals surface area contributed by atoms with Crippen LogP contribution in [0.3, 0.4) is 0 Å². The lowest BCUT2D eigenvalue weighted by atomic mass is 10.2. The van der Waals surface area contributed by atoms with Gasteiger partial charge in [-0.15, -0.1) is 0 Å². The molecule has 0 fully saturated rings. The van der Waals surface area contributed by atoms with E-state index in [1.54, 1.807) is 24.3 Å². The highest BCUT2D eigenvalue weighted by molar-refractivity contribution is 7.80. The summed E-state index contributed by atoms with van der Waals surface area (Å²) in [7, 11) is 0. The first kappa shape index (κ1) is 13.7. The van der Waals surface area contributed by atoms with Crippen molar-refractivity contribution in [1.82, 2.24) is 0 Å². The molecule has 5 nitrogen and oxygen atoms in total. The van der Waals surface area contributed by atoms with Gasteiger partial charge in [-0.2, -0.15) is 5.26 Å². The van der Waals surface area contributed by atoms with Gasteiger partial charge in [-0.05, 0) is 24.3 Å². The predicted octanol–water partition coefficient (Wildman–Crippen LogP) is 1.75. The topological polar surface area (TPSA) is 90.9 Å². The van der Waals surface area contributed by atoms with Gasteiger partial charge in [-0.1, -0.05) is 12.2 Å². The molecule has 0 spiro atoms. The van der Waals surface area contributed by atoms with Gasteiger partial charge in [0.25, 0.3) is 0 Å². The lowest BCUT2D eigenvalue weighted by molar-refractivity contribution is -0.114. The van der Waals surface area contributed by atoms with Gasteiger partial charge in [-0.25, -0.2) is 0 Å². The number of nitrogens with zero attached hydrogens (tertiary/aromatic N) is 1. The van der Waals surface area contributed by atoms with Crippen LogP contribution in [0.5, 0.6) is 0 Å². The average molecular weight is 260 g/mol. The maximum absolute atomic E-state index is 10.8. The molecule has 0 aliphatic rings. The van der Waals surface area contributed by atoms with Gasteiger partial charge < -0.3 is 16.4 Å². The number of carbonyl (C=O) groups excluding carboxylic acids is 1. The molecule has 1 rings (SSSR count). The van der Waals surface area contributed by atoms with Crippen LogP contribution in [-0.2, 0) is 4.79 Å². The maximum atomic E-state index is 10.8. The number of carbonyl (C=O) groups is 1. The van der Waals surface area contributed by atoms with Crippen molar-refractivity contribution in [3.63, 3.8) is 0 Å². The molecular weight excluding hydrogens is 248 g/mol. The Bertz CT molecular complexity index is 528. The summed E-state index contributed by atoms with van der Waals surface area (Å²) in [5, 5.41) is 14.3. The fourth-order valence-corrected chi connectivity index (χ4v) is 1.27. The molecule has 0 aliphatic carbocycles. The Morgan fingerprint density at radius 2 is 1.94 bits per heavy atom. The molecule has 4 N–H and O–H groups in total. The third-order valence-corrected chi connectivity index (χ3v) is 2.19. The van der Waals surface area contributed by atoms with Gasteiger partial charge >= 0.3 is 0 Å². The zero-order valence-electron chi connectivity index (χ0n) is 9.73. The number of nitriles is 1. The van der Waals surface area contributed by atoms with Crippen molar-refractivity contribution in [2.24, 2.45) is 5.73 Å². The lowest BCUT2D eigenvalue weighted by Gasteiger charge is -2.04. The Balaban J connectivity index is 2.73. The molecule has 0 heterocycles. The minimum absolute atomic E-state index is 0.0415. The second kappa shape index (κ2) is 6.37. The van der Waals surface area contributed by atoms with Gasteiger partial charge in [0.15, 0.2) is 0 Å². The molecule has 18 heavy (non-hydrogen) atoms. The summed E-state index contributed by atoms with van der Waals surface area (Å²) in [5.74, 6) is -0.129. The standard InChI is InChI=1S/C12H12N4OS/c1-8(17)16-11-4-2-10(3-5-11)15-7-9(6-13)12(14)18/h2-5,7,15H,1H3,(H2,14,18)(H,16,17). The Kier molecular flexibility index (Phi) is 4.84. The minimum Gasteiger partial charge on any atom is -0.389 e. The van der Waals surface area contributed by atoms with E-state index >= 15 is 0 Å². The molecular formula is C12H12N4OS. The predicted molar refractivity (Wildman–Crippen MR) is 74.8 cm³/mol. The molecule has 1 amide bonds. The third kappa shape index (κ3) is 4.23. The second-order valence-corrected chi connectivity index (χ2v) is 3.88. The first-order valence-electron chi connectivity index (χ1n) is 5.07. The van der Waals surface area contributed by atoms with E-state index in [9.17, 15) is 4.79 Å². The van der Waals surface area contributed by atoms with Gasteiger partial charge in [-0.3, -0.25) is 4.79 Å². The summed E-state index contributed by atoms with van der Waals surface area (Å²) in [5.41, 5.74) is 7.01. The van der Waals surface area contributed by atoms with Crippen LogP contribution in [0.2, 0.25) is 0 Å². The number of rotatable bonds is 4. The van der Waals surface area contributed by atoms with Crippen LogP contribution in [0.25, 0.3) is 0 Å². The first-order chi connectivity index (χ1) is 8.52. The van der Waals surface area contributed by atoms with Crippen LogP contribution in [0.15, 0.2) is 36.0 Å². The third-order valence-electron chi connectivity index (χ3n) is 1.97. The largest absolute Gasteiger partial charge is 0.389 e. The van der Waals surface area contributed by atoms with E-state index < -0.39 is 0 Å². The van der Waals surface area contributed by atoms with Crippen LogP contribution in [0.1, 0.15) is 6.92 Å². The monoisotopic (exact) mass is 260 g/mol. The molecule has 0 aromatic heterocycles. The van der Waals surface area contributed by atoms with Crippen LogP contribution in [-0.4, -0.2) is 10.9 Å². The molecule has 0 radical (unpaired) electrons. The minimum atomic E-state index is -0.129. The van der Waals surface area contributed by atoms with E-state index in [2.05, 4.69) is 10.6 Å². The number of nitrogens with two attached hydrogens (primary N) is 1. The maximum Gasteiger partial charge on any atom is 0.221 e. The number of nitrogens with one attached hydrogen (secondary N) is 2. The van der Waals surface area contributed by atoms with E-state index in [0.29, 0.717) is 5.69 Å². The summed E-state index contributed by atoms with van der Waals surface area (Å²) in [6, 6.07) is 8.89. The highest BCUT2D eigenvalue weighted by Gasteiger charge is 1.99. The number of thiocarbonyl (C=S) groups is 1.